The molecule has 4 heterocycles. The van der Waals surface area contributed by atoms with E-state index in [1.807, 2.05) is 0 Å². The molecule has 4 aromatic carbocycles. The van der Waals surface area contributed by atoms with Crippen LogP contribution in [-0.2, 0) is 0 Å². The lowest BCUT2D eigenvalue weighted by Gasteiger charge is -2.15. The molecule has 0 unspecified atom stereocenters. The topological polar surface area (TPSA) is 8.82 Å². The zero-order chi connectivity index (χ0) is 16.6. The van der Waals surface area contributed by atoms with Crippen molar-refractivity contribution in [2.45, 2.75) is 0 Å². The van der Waals surface area contributed by atoms with Gasteiger partial charge in [-0.05, 0) is 0 Å². The third kappa shape index (κ3) is 0.993. The molecule has 0 aliphatic heterocycles. The van der Waals surface area contributed by atoms with Crippen LogP contribution in [-0.4, -0.2) is 9.03 Å². The molecule has 0 bridgehead atoms. The van der Waals surface area contributed by atoms with Crippen LogP contribution >= 0.6 is 0 Å². The highest BCUT2D eigenvalue weighted by Gasteiger charge is 2.24. The van der Waals surface area contributed by atoms with Gasteiger partial charge in [-0.3, -0.25) is 0 Å². The number of hydrogen-bond donors (Lipinski definition) is 0. The molecular weight excluding hydrogens is 316 g/mol. The molecule has 0 spiro atoms. The summed E-state index contributed by atoms with van der Waals surface area (Å²) in [6.45, 7) is 0. The van der Waals surface area contributed by atoms with Gasteiger partial charge in [-0.15, -0.1) is 0 Å². The number of rotatable bonds is 0. The second kappa shape index (κ2) is 3.54. The summed E-state index contributed by atoms with van der Waals surface area (Å²) in [5, 5.41) is 10.7. The average molecular weight is 328 g/mol. The first-order valence-electron chi connectivity index (χ1n) is 9.07. The van der Waals surface area contributed by atoms with Crippen LogP contribution in [0.2, 0.25) is 0 Å². The second-order valence-electron chi connectivity index (χ2n) is 7.43. The van der Waals surface area contributed by atoms with Crippen LogP contribution < -0.4 is 0 Å². The summed E-state index contributed by atoms with van der Waals surface area (Å²) in [5.41, 5.74) is 5.34. The van der Waals surface area contributed by atoms with Crippen LogP contribution in [0.5, 0.6) is 0 Å². The average Bonchev–Trinajstić information content (AvgIpc) is 3.21. The van der Waals surface area contributed by atoms with E-state index in [1.54, 1.807) is 0 Å². The molecule has 0 radical (unpaired) electrons. The number of nitrogens with zero attached hydrogens (tertiary/aromatic N) is 2. The zero-order valence-electron chi connectivity index (χ0n) is 13.8. The van der Waals surface area contributed by atoms with Gasteiger partial charge in [-0.1, -0.05) is 72.8 Å². The highest BCUT2D eigenvalue weighted by atomic mass is 15.3. The molecule has 0 aliphatic rings. The standard InChI is InChI=1S/C24H12N2/c1-5-13-14-6-2-11-19-20-12-4-8-16-15-7-3-10-18-17(9-1)21(13)25(22(14)19)26(23(15)18)24(16)20/h1-12H. The van der Waals surface area contributed by atoms with E-state index >= 15 is 0 Å². The van der Waals surface area contributed by atoms with E-state index < -0.39 is 0 Å². The highest BCUT2D eigenvalue weighted by molar-refractivity contribution is 6.31. The normalized spacial score (nSPS) is 13.4. The Morgan fingerprint density at radius 2 is 0.500 bits per heavy atom. The minimum absolute atomic E-state index is 1.34. The van der Waals surface area contributed by atoms with Crippen LogP contribution in [0.1, 0.15) is 0 Å². The Balaban J connectivity index is 2.04. The van der Waals surface area contributed by atoms with Gasteiger partial charge in [0.05, 0.1) is 22.1 Å². The van der Waals surface area contributed by atoms with Gasteiger partial charge >= 0.3 is 0 Å². The Labute approximate surface area is 147 Å². The van der Waals surface area contributed by atoms with Gasteiger partial charge in [0.25, 0.3) is 0 Å². The fourth-order valence-corrected chi connectivity index (χ4v) is 5.45. The number of fused-ring (bicyclic) bond motifs is 4. The molecule has 8 aromatic rings. The summed E-state index contributed by atoms with van der Waals surface area (Å²) in [6.07, 6.45) is 0. The van der Waals surface area contributed by atoms with Crippen LogP contribution in [0.15, 0.2) is 72.8 Å². The predicted octanol–water partition coefficient (Wildman–Crippen LogP) is 6.27. The molecule has 0 N–H and O–H groups in total. The molecule has 2 heteroatoms. The van der Waals surface area contributed by atoms with E-state index in [9.17, 15) is 0 Å². The van der Waals surface area contributed by atoms with E-state index in [0.717, 1.165) is 0 Å². The number of hydrogen-bond acceptors (Lipinski definition) is 0. The summed E-state index contributed by atoms with van der Waals surface area (Å²) in [5.74, 6) is 0. The van der Waals surface area contributed by atoms with Crippen molar-refractivity contribution in [3.8, 4) is 0 Å². The summed E-state index contributed by atoms with van der Waals surface area (Å²) in [6, 6.07) is 27.0. The lowest BCUT2D eigenvalue weighted by atomic mass is 10.0. The maximum absolute atomic E-state index is 2.47. The van der Waals surface area contributed by atoms with Gasteiger partial charge in [0.1, 0.15) is 0 Å². The Bertz CT molecular complexity index is 1520. The van der Waals surface area contributed by atoms with Crippen LogP contribution in [0, 0.1) is 0 Å². The SMILES string of the molecule is c1cc2c3cccc4c5cccc6c7cccc8c(c1)c2n(c34)n(c78)c65. The monoisotopic (exact) mass is 328 g/mol. The first kappa shape index (κ1) is 11.9. The van der Waals surface area contributed by atoms with Gasteiger partial charge in [0.2, 0.25) is 0 Å². The lowest BCUT2D eigenvalue weighted by molar-refractivity contribution is 0.934. The zero-order valence-corrected chi connectivity index (χ0v) is 13.8. The van der Waals surface area contributed by atoms with E-state index in [4.69, 9.17) is 0 Å². The molecule has 8 rings (SSSR count). The molecule has 0 saturated carbocycles. The van der Waals surface area contributed by atoms with E-state index in [-0.39, 0.29) is 0 Å². The van der Waals surface area contributed by atoms with Crippen LogP contribution in [0.4, 0.5) is 0 Å². The fourth-order valence-electron chi connectivity index (χ4n) is 5.45. The summed E-state index contributed by atoms with van der Waals surface area (Å²) in [4.78, 5) is 0. The molecule has 26 heavy (non-hydrogen) atoms. The first-order chi connectivity index (χ1) is 12.9. The van der Waals surface area contributed by atoms with Crippen molar-refractivity contribution in [2.75, 3.05) is 0 Å². The van der Waals surface area contributed by atoms with Crippen molar-refractivity contribution in [1.29, 1.82) is 0 Å². The van der Waals surface area contributed by atoms with Crippen molar-refractivity contribution in [1.82, 2.24) is 9.03 Å². The summed E-state index contributed by atoms with van der Waals surface area (Å²) in [7, 11) is 0. The Morgan fingerprint density at radius 1 is 0.308 bits per heavy atom. The smallest absolute Gasteiger partial charge is 0.0795 e. The van der Waals surface area contributed by atoms with Gasteiger partial charge < -0.3 is 0 Å². The Kier molecular flexibility index (Phi) is 1.62. The third-order valence-electron chi connectivity index (χ3n) is 6.35. The molecule has 0 fully saturated rings. The highest BCUT2D eigenvalue weighted by Crippen LogP contribution is 2.45. The predicted molar refractivity (Wildman–Crippen MR) is 109 cm³/mol. The number of para-hydroxylation sites is 4. The van der Waals surface area contributed by atoms with Crippen molar-refractivity contribution in [3.05, 3.63) is 72.8 Å². The van der Waals surface area contributed by atoms with E-state index in [1.165, 1.54) is 65.2 Å². The maximum atomic E-state index is 2.47. The van der Waals surface area contributed by atoms with Crippen molar-refractivity contribution in [2.24, 2.45) is 0 Å². The van der Waals surface area contributed by atoms with Gasteiger partial charge in [-0.2, -0.15) is 0 Å². The largest absolute Gasteiger partial charge is 0.246 e. The van der Waals surface area contributed by atoms with Gasteiger partial charge in [-0.25, -0.2) is 9.03 Å². The Morgan fingerprint density at radius 3 is 0.692 bits per heavy atom. The quantitative estimate of drug-likeness (QED) is 0.290. The van der Waals surface area contributed by atoms with E-state index in [0.29, 0.717) is 0 Å². The minimum Gasteiger partial charge on any atom is -0.246 e. The molecule has 2 nitrogen and oxygen atoms in total. The van der Waals surface area contributed by atoms with Crippen molar-refractivity contribution in [3.63, 3.8) is 0 Å². The van der Waals surface area contributed by atoms with Crippen LogP contribution in [0.25, 0.3) is 65.2 Å². The van der Waals surface area contributed by atoms with Gasteiger partial charge in [0.15, 0.2) is 0 Å². The lowest BCUT2D eigenvalue weighted by Crippen LogP contribution is -2.03. The summed E-state index contributed by atoms with van der Waals surface area (Å²) >= 11 is 0. The van der Waals surface area contributed by atoms with Crippen molar-refractivity contribution >= 4 is 65.2 Å². The number of aromatic nitrogens is 2. The minimum atomic E-state index is 1.34. The maximum Gasteiger partial charge on any atom is 0.0795 e. The third-order valence-corrected chi connectivity index (χ3v) is 6.35. The first-order valence-corrected chi connectivity index (χ1v) is 9.07. The second-order valence-corrected chi connectivity index (χ2v) is 7.43. The molecule has 0 amide bonds. The van der Waals surface area contributed by atoms with Gasteiger partial charge in [0, 0.05) is 43.1 Å². The summed E-state index contributed by atoms with van der Waals surface area (Å²) < 4.78 is 4.94. The molecular formula is C24H12N2. The number of benzene rings is 4. The Hall–Kier alpha value is -3.52. The van der Waals surface area contributed by atoms with E-state index in [2.05, 4.69) is 81.8 Å². The molecule has 0 aliphatic carbocycles. The molecule has 0 saturated heterocycles. The molecule has 118 valence electrons. The molecule has 0 atom stereocenters. The van der Waals surface area contributed by atoms with Crippen LogP contribution in [0.3, 0.4) is 0 Å². The fraction of sp³-hybridized carbons (Fsp3) is 0. The van der Waals surface area contributed by atoms with Crippen molar-refractivity contribution < 1.29 is 0 Å². The molecule has 4 aromatic heterocycles.